The number of benzene rings is 1. The minimum absolute atomic E-state index is 0.0204. The Hall–Kier alpha value is -1.42. The van der Waals surface area contributed by atoms with Crippen molar-refractivity contribution in [3.63, 3.8) is 0 Å². The first-order valence-electron chi connectivity index (χ1n) is 6.48. The molecule has 0 amide bonds. The van der Waals surface area contributed by atoms with E-state index in [4.69, 9.17) is 0 Å². The number of rotatable bonds is 2. The summed E-state index contributed by atoms with van der Waals surface area (Å²) in [4.78, 5) is 16.3. The quantitative estimate of drug-likeness (QED) is 0.853. The van der Waals surface area contributed by atoms with E-state index < -0.39 is 0 Å². The molecule has 0 saturated heterocycles. The highest BCUT2D eigenvalue weighted by Crippen LogP contribution is 2.23. The summed E-state index contributed by atoms with van der Waals surface area (Å²) in [6.07, 6.45) is 5.16. The monoisotopic (exact) mass is 318 g/mol. The first-order chi connectivity index (χ1) is 9.15. The van der Waals surface area contributed by atoms with Crippen molar-refractivity contribution in [2.45, 2.75) is 32.7 Å². The van der Waals surface area contributed by atoms with Gasteiger partial charge in [-0.3, -0.25) is 9.36 Å². The van der Waals surface area contributed by atoms with Crippen molar-refractivity contribution in [2.24, 2.45) is 0 Å². The molecule has 0 saturated carbocycles. The third-order valence-corrected chi connectivity index (χ3v) is 4.25. The van der Waals surface area contributed by atoms with Gasteiger partial charge in [-0.2, -0.15) is 0 Å². The molecule has 1 aromatic carbocycles. The van der Waals surface area contributed by atoms with Crippen molar-refractivity contribution in [3.8, 4) is 0 Å². The molecule has 0 aliphatic heterocycles. The van der Waals surface area contributed by atoms with E-state index in [1.54, 1.807) is 10.8 Å². The second kappa shape index (κ2) is 4.93. The maximum atomic E-state index is 12.1. The van der Waals surface area contributed by atoms with Gasteiger partial charge in [0.25, 0.3) is 5.56 Å². The number of aryl methyl sites for hydroxylation is 3. The summed E-state index contributed by atoms with van der Waals surface area (Å²) in [6, 6.07) is 6.55. The molecule has 98 valence electrons. The molecular formula is C15H15BrN2O. The number of halogens is 1. The summed E-state index contributed by atoms with van der Waals surface area (Å²) < 4.78 is 2.22. The second-order valence-electron chi connectivity index (χ2n) is 5.00. The fraction of sp³-hybridized carbons (Fsp3) is 0.333. The summed E-state index contributed by atoms with van der Waals surface area (Å²) in [7, 11) is 0. The zero-order valence-electron chi connectivity index (χ0n) is 10.8. The zero-order valence-corrected chi connectivity index (χ0v) is 12.4. The minimum Gasteiger partial charge on any atom is -0.291 e. The van der Waals surface area contributed by atoms with Gasteiger partial charge in [-0.25, -0.2) is 4.98 Å². The number of hydrogen-bond donors (Lipinski definition) is 0. The average Bonchev–Trinajstić information content (AvgIpc) is 2.86. The Balaban J connectivity index is 1.98. The first-order valence-corrected chi connectivity index (χ1v) is 7.27. The van der Waals surface area contributed by atoms with Gasteiger partial charge < -0.3 is 0 Å². The van der Waals surface area contributed by atoms with Gasteiger partial charge >= 0.3 is 0 Å². The standard InChI is InChI=1S/C15H15BrN2O/c1-10-17-8-14(16)15(19)18(10)9-11-5-6-12-3-2-4-13(12)7-11/h5-8H,2-4,9H2,1H3. The molecule has 1 heterocycles. The van der Waals surface area contributed by atoms with E-state index in [1.807, 2.05) is 6.92 Å². The molecular weight excluding hydrogens is 304 g/mol. The van der Waals surface area contributed by atoms with Crippen LogP contribution in [0.4, 0.5) is 0 Å². The van der Waals surface area contributed by atoms with E-state index in [0.717, 1.165) is 12.2 Å². The van der Waals surface area contributed by atoms with Crippen molar-refractivity contribution in [1.82, 2.24) is 9.55 Å². The topological polar surface area (TPSA) is 34.9 Å². The van der Waals surface area contributed by atoms with Gasteiger partial charge in [-0.1, -0.05) is 18.2 Å². The number of hydrogen-bond acceptors (Lipinski definition) is 2. The SMILES string of the molecule is Cc1ncc(Br)c(=O)n1Cc1ccc2c(c1)CCC2. The van der Waals surface area contributed by atoms with Crippen molar-refractivity contribution >= 4 is 15.9 Å². The predicted octanol–water partition coefficient (Wildman–Crippen LogP) is 2.85. The largest absolute Gasteiger partial charge is 0.291 e. The van der Waals surface area contributed by atoms with Crippen LogP contribution in [0.2, 0.25) is 0 Å². The third-order valence-electron chi connectivity index (χ3n) is 3.71. The summed E-state index contributed by atoms with van der Waals surface area (Å²) in [5.41, 5.74) is 4.05. The van der Waals surface area contributed by atoms with Crippen LogP contribution < -0.4 is 5.56 Å². The van der Waals surface area contributed by atoms with Gasteiger partial charge in [0.1, 0.15) is 10.3 Å². The fourth-order valence-electron chi connectivity index (χ4n) is 2.64. The van der Waals surface area contributed by atoms with Gasteiger partial charge in [0, 0.05) is 6.20 Å². The van der Waals surface area contributed by atoms with Crippen LogP contribution in [0, 0.1) is 6.92 Å². The average molecular weight is 319 g/mol. The number of nitrogens with zero attached hydrogens (tertiary/aromatic N) is 2. The van der Waals surface area contributed by atoms with Gasteiger partial charge in [0.05, 0.1) is 6.54 Å². The van der Waals surface area contributed by atoms with E-state index in [2.05, 4.69) is 39.1 Å². The Morgan fingerprint density at radius 1 is 1.32 bits per heavy atom. The van der Waals surface area contributed by atoms with Crippen molar-refractivity contribution in [2.75, 3.05) is 0 Å². The van der Waals surface area contributed by atoms with Crippen LogP contribution in [0.1, 0.15) is 28.9 Å². The highest BCUT2D eigenvalue weighted by Gasteiger charge is 2.12. The van der Waals surface area contributed by atoms with E-state index >= 15 is 0 Å². The summed E-state index contributed by atoms with van der Waals surface area (Å²) in [5.74, 6) is 0.744. The van der Waals surface area contributed by atoms with Crippen LogP contribution in [-0.2, 0) is 19.4 Å². The molecule has 0 N–H and O–H groups in total. The Bertz CT molecular complexity index is 691. The van der Waals surface area contributed by atoms with Crippen LogP contribution >= 0.6 is 15.9 Å². The molecule has 0 radical (unpaired) electrons. The maximum Gasteiger partial charge on any atom is 0.268 e. The smallest absolute Gasteiger partial charge is 0.268 e. The van der Waals surface area contributed by atoms with Crippen LogP contribution in [0.5, 0.6) is 0 Å². The van der Waals surface area contributed by atoms with Crippen LogP contribution in [0.25, 0.3) is 0 Å². The molecule has 0 atom stereocenters. The van der Waals surface area contributed by atoms with Gasteiger partial charge in [0.15, 0.2) is 0 Å². The lowest BCUT2D eigenvalue weighted by molar-refractivity contribution is 0.695. The Kier molecular flexibility index (Phi) is 3.27. The van der Waals surface area contributed by atoms with Crippen molar-refractivity contribution in [3.05, 3.63) is 61.7 Å². The molecule has 4 heteroatoms. The number of aromatic nitrogens is 2. The lowest BCUT2D eigenvalue weighted by atomic mass is 10.1. The normalized spacial score (nSPS) is 13.6. The molecule has 3 rings (SSSR count). The molecule has 0 unspecified atom stereocenters. The molecule has 0 bridgehead atoms. The summed E-state index contributed by atoms with van der Waals surface area (Å²) in [5, 5.41) is 0. The summed E-state index contributed by atoms with van der Waals surface area (Å²) >= 11 is 3.25. The molecule has 2 aromatic rings. The minimum atomic E-state index is -0.0204. The Morgan fingerprint density at radius 2 is 2.11 bits per heavy atom. The van der Waals surface area contributed by atoms with Gasteiger partial charge in [0.2, 0.25) is 0 Å². The van der Waals surface area contributed by atoms with Gasteiger partial charge in [-0.05, 0) is 58.8 Å². The maximum absolute atomic E-state index is 12.1. The van der Waals surface area contributed by atoms with Crippen molar-refractivity contribution in [1.29, 1.82) is 0 Å². The Morgan fingerprint density at radius 3 is 2.95 bits per heavy atom. The Labute approximate surface area is 120 Å². The zero-order chi connectivity index (χ0) is 13.4. The van der Waals surface area contributed by atoms with E-state index in [0.29, 0.717) is 11.0 Å². The molecule has 0 spiro atoms. The van der Waals surface area contributed by atoms with E-state index in [-0.39, 0.29) is 5.56 Å². The lowest BCUT2D eigenvalue weighted by Crippen LogP contribution is -2.24. The van der Waals surface area contributed by atoms with Gasteiger partial charge in [-0.15, -0.1) is 0 Å². The highest BCUT2D eigenvalue weighted by molar-refractivity contribution is 9.10. The van der Waals surface area contributed by atoms with Crippen molar-refractivity contribution < 1.29 is 0 Å². The van der Waals surface area contributed by atoms with Crippen LogP contribution in [0.3, 0.4) is 0 Å². The number of fused-ring (bicyclic) bond motifs is 1. The second-order valence-corrected chi connectivity index (χ2v) is 5.86. The van der Waals surface area contributed by atoms with Crippen LogP contribution in [0.15, 0.2) is 33.7 Å². The predicted molar refractivity (Wildman–Crippen MR) is 78.5 cm³/mol. The lowest BCUT2D eigenvalue weighted by Gasteiger charge is -2.10. The van der Waals surface area contributed by atoms with Crippen LogP contribution in [-0.4, -0.2) is 9.55 Å². The third kappa shape index (κ3) is 2.37. The molecule has 1 aromatic heterocycles. The van der Waals surface area contributed by atoms with E-state index in [1.165, 1.54) is 29.5 Å². The molecule has 1 aliphatic rings. The first kappa shape index (κ1) is 12.6. The fourth-order valence-corrected chi connectivity index (χ4v) is 2.96. The summed E-state index contributed by atoms with van der Waals surface area (Å²) in [6.45, 7) is 2.45. The highest BCUT2D eigenvalue weighted by atomic mass is 79.9. The molecule has 1 aliphatic carbocycles. The van der Waals surface area contributed by atoms with E-state index in [9.17, 15) is 4.79 Å². The molecule has 0 fully saturated rings. The molecule has 3 nitrogen and oxygen atoms in total. The molecule has 19 heavy (non-hydrogen) atoms.